The minimum Gasteiger partial charge on any atom is -0.372 e. The van der Waals surface area contributed by atoms with Gasteiger partial charge in [0.05, 0.1) is 17.4 Å². The zero-order chi connectivity index (χ0) is 23.2. The molecule has 0 spiro atoms. The number of hydrogen-bond acceptors (Lipinski definition) is 3. The molecule has 168 valence electrons. The van der Waals surface area contributed by atoms with Crippen LogP contribution in [0.5, 0.6) is 0 Å². The number of ketones is 1. The van der Waals surface area contributed by atoms with Crippen molar-refractivity contribution in [2.45, 2.75) is 51.0 Å². The lowest BCUT2D eigenvalue weighted by atomic mass is 9.77. The molecule has 3 aromatic carbocycles. The van der Waals surface area contributed by atoms with Gasteiger partial charge in [-0.05, 0) is 58.7 Å². The largest absolute Gasteiger partial charge is 0.372 e. The summed E-state index contributed by atoms with van der Waals surface area (Å²) in [7, 11) is 0. The van der Waals surface area contributed by atoms with Crippen LogP contribution in [0.15, 0.2) is 84.1 Å². The maximum Gasteiger partial charge on any atom is 0.163 e. The van der Waals surface area contributed by atoms with E-state index in [4.69, 9.17) is 0 Å². The number of rotatable bonds is 2. The summed E-state index contributed by atoms with van der Waals surface area (Å²) in [6.07, 6.45) is 1.22. The molecule has 33 heavy (non-hydrogen) atoms. The average molecular weight is 441 g/mol. The quantitative estimate of drug-likeness (QED) is 0.446. The molecule has 3 aromatic rings. The molecule has 5 rings (SSSR count). The van der Waals surface area contributed by atoms with Gasteiger partial charge in [-0.25, -0.2) is 4.39 Å². The molecular weight excluding hydrogens is 411 g/mol. The van der Waals surface area contributed by atoms with Crippen molar-refractivity contribution in [3.05, 3.63) is 107 Å². The van der Waals surface area contributed by atoms with Crippen molar-refractivity contribution in [1.82, 2.24) is 0 Å². The smallest absolute Gasteiger partial charge is 0.163 e. The lowest BCUT2D eigenvalue weighted by molar-refractivity contribution is -0.116. The van der Waals surface area contributed by atoms with Crippen LogP contribution in [-0.4, -0.2) is 5.78 Å². The normalized spacial score (nSPS) is 20.3. The number of benzene rings is 3. The first kappa shape index (κ1) is 21.4. The van der Waals surface area contributed by atoms with Crippen molar-refractivity contribution in [2.75, 3.05) is 10.6 Å². The van der Waals surface area contributed by atoms with Crippen molar-refractivity contribution in [1.29, 1.82) is 0 Å². The Kier molecular flexibility index (Phi) is 5.32. The van der Waals surface area contributed by atoms with E-state index in [0.717, 1.165) is 34.6 Å². The molecule has 0 fully saturated rings. The number of allylic oxidation sites excluding steroid dienone is 1. The third kappa shape index (κ3) is 4.18. The lowest BCUT2D eigenvalue weighted by Gasteiger charge is -2.30. The number of halogens is 1. The molecule has 4 heteroatoms. The van der Waals surface area contributed by atoms with Crippen molar-refractivity contribution in [3.63, 3.8) is 0 Å². The minimum atomic E-state index is -0.325. The summed E-state index contributed by atoms with van der Waals surface area (Å²) in [6, 6.07) is 22.8. The fourth-order valence-electron chi connectivity index (χ4n) is 4.89. The highest BCUT2D eigenvalue weighted by Gasteiger charge is 2.36. The second kappa shape index (κ2) is 8.18. The third-order valence-electron chi connectivity index (χ3n) is 6.76. The molecule has 0 radical (unpaired) electrons. The van der Waals surface area contributed by atoms with Crippen LogP contribution in [0, 0.1) is 5.82 Å². The second-order valence-electron chi connectivity index (χ2n) is 10.1. The average Bonchev–Trinajstić information content (AvgIpc) is 2.96. The van der Waals surface area contributed by atoms with Crippen molar-refractivity contribution >= 4 is 17.2 Å². The Morgan fingerprint density at radius 3 is 2.12 bits per heavy atom. The number of carbonyl (C=O) groups is 1. The van der Waals surface area contributed by atoms with Crippen LogP contribution in [0.2, 0.25) is 0 Å². The van der Waals surface area contributed by atoms with Gasteiger partial charge in [-0.3, -0.25) is 4.79 Å². The zero-order valence-electron chi connectivity index (χ0n) is 19.3. The summed E-state index contributed by atoms with van der Waals surface area (Å²) in [5, 5.41) is 7.10. The molecule has 0 aromatic heterocycles. The van der Waals surface area contributed by atoms with Crippen LogP contribution >= 0.6 is 0 Å². The molecular formula is C29H29FN2O. The minimum absolute atomic E-state index is 0.0945. The summed E-state index contributed by atoms with van der Waals surface area (Å²) >= 11 is 0. The number of Topliss-reactive ketones (excluding diaryl/α,β-unsaturated/α-hetero) is 1. The summed E-state index contributed by atoms with van der Waals surface area (Å²) in [5.41, 5.74) is 7.03. The van der Waals surface area contributed by atoms with Gasteiger partial charge in [0.2, 0.25) is 0 Å². The maximum absolute atomic E-state index is 13.6. The SMILES string of the molecule is CC(C)(C)c1ccc([C@H]2CC(=O)C3=C(C2)Nc2ccccc2N[C@H]3c2ccc(F)cc2)cc1. The van der Waals surface area contributed by atoms with Crippen molar-refractivity contribution in [2.24, 2.45) is 0 Å². The Morgan fingerprint density at radius 1 is 0.818 bits per heavy atom. The van der Waals surface area contributed by atoms with Gasteiger partial charge in [0.25, 0.3) is 0 Å². The van der Waals surface area contributed by atoms with E-state index in [-0.39, 0.29) is 29.0 Å². The van der Waals surface area contributed by atoms with E-state index >= 15 is 0 Å². The Bertz CT molecular complexity index is 1220. The predicted octanol–water partition coefficient (Wildman–Crippen LogP) is 7.10. The summed E-state index contributed by atoms with van der Waals surface area (Å²) in [4.78, 5) is 13.6. The summed E-state index contributed by atoms with van der Waals surface area (Å²) in [6.45, 7) is 6.62. The van der Waals surface area contributed by atoms with E-state index in [1.54, 1.807) is 12.1 Å². The van der Waals surface area contributed by atoms with Gasteiger partial charge in [-0.1, -0.05) is 69.3 Å². The monoisotopic (exact) mass is 440 g/mol. The van der Waals surface area contributed by atoms with Gasteiger partial charge in [0.15, 0.2) is 5.78 Å². The van der Waals surface area contributed by atoms with E-state index < -0.39 is 0 Å². The van der Waals surface area contributed by atoms with E-state index in [1.165, 1.54) is 23.3 Å². The number of hydrogen-bond donors (Lipinski definition) is 2. The molecule has 2 aliphatic rings. The van der Waals surface area contributed by atoms with Crippen LogP contribution in [0.1, 0.15) is 62.3 Å². The highest BCUT2D eigenvalue weighted by atomic mass is 19.1. The molecule has 1 aliphatic carbocycles. The zero-order valence-corrected chi connectivity index (χ0v) is 19.3. The highest BCUT2D eigenvalue weighted by Crippen LogP contribution is 2.44. The lowest BCUT2D eigenvalue weighted by Crippen LogP contribution is -2.27. The Hall–Kier alpha value is -3.40. The van der Waals surface area contributed by atoms with Gasteiger partial charge < -0.3 is 10.6 Å². The second-order valence-corrected chi connectivity index (χ2v) is 10.1. The first-order valence-corrected chi connectivity index (χ1v) is 11.5. The van der Waals surface area contributed by atoms with Crippen molar-refractivity contribution < 1.29 is 9.18 Å². The first-order valence-electron chi connectivity index (χ1n) is 11.5. The Labute approximate surface area is 194 Å². The number of carbonyl (C=O) groups excluding carboxylic acids is 1. The third-order valence-corrected chi connectivity index (χ3v) is 6.76. The standard InChI is InChI=1S/C29H29FN2O/c1-29(2,3)21-12-8-18(9-13-21)20-16-25-27(26(33)17-20)28(19-10-14-22(30)15-11-19)32-24-7-5-4-6-23(24)31-25/h4-15,20,28,31-32H,16-17H2,1-3H3/t20-,28+/m1/s1. The molecule has 1 heterocycles. The van der Waals surface area contributed by atoms with Crippen LogP contribution < -0.4 is 10.6 Å². The number of anilines is 2. The van der Waals surface area contributed by atoms with E-state index in [1.807, 2.05) is 24.3 Å². The molecule has 0 saturated heterocycles. The molecule has 0 amide bonds. The fraction of sp³-hybridized carbons (Fsp3) is 0.276. The molecule has 2 N–H and O–H groups in total. The van der Waals surface area contributed by atoms with E-state index in [9.17, 15) is 9.18 Å². The molecule has 3 nitrogen and oxygen atoms in total. The van der Waals surface area contributed by atoms with E-state index in [2.05, 4.69) is 55.7 Å². The predicted molar refractivity (Wildman–Crippen MR) is 132 cm³/mol. The maximum atomic E-state index is 13.6. The first-order chi connectivity index (χ1) is 15.8. The van der Waals surface area contributed by atoms with Gasteiger partial charge >= 0.3 is 0 Å². The van der Waals surface area contributed by atoms with Crippen molar-refractivity contribution in [3.8, 4) is 0 Å². The number of nitrogens with one attached hydrogen (secondary N) is 2. The highest BCUT2D eigenvalue weighted by molar-refractivity contribution is 6.01. The molecule has 1 aliphatic heterocycles. The number of para-hydroxylation sites is 2. The van der Waals surface area contributed by atoms with Gasteiger partial charge in [0.1, 0.15) is 5.82 Å². The molecule has 0 bridgehead atoms. The van der Waals surface area contributed by atoms with E-state index in [0.29, 0.717) is 6.42 Å². The van der Waals surface area contributed by atoms with Crippen LogP contribution in [0.25, 0.3) is 0 Å². The Balaban J connectivity index is 1.54. The molecule has 2 atom stereocenters. The summed E-state index contributed by atoms with van der Waals surface area (Å²) in [5.74, 6) is -0.0333. The number of fused-ring (bicyclic) bond motifs is 1. The van der Waals surface area contributed by atoms with Crippen LogP contribution in [-0.2, 0) is 10.2 Å². The van der Waals surface area contributed by atoms with Gasteiger partial charge in [-0.2, -0.15) is 0 Å². The fourth-order valence-corrected chi connectivity index (χ4v) is 4.89. The van der Waals surface area contributed by atoms with Gasteiger partial charge in [-0.15, -0.1) is 0 Å². The topological polar surface area (TPSA) is 41.1 Å². The van der Waals surface area contributed by atoms with Gasteiger partial charge in [0, 0.05) is 17.7 Å². The summed E-state index contributed by atoms with van der Waals surface area (Å²) < 4.78 is 13.6. The molecule has 0 unspecified atom stereocenters. The Morgan fingerprint density at radius 2 is 1.45 bits per heavy atom. The van der Waals surface area contributed by atoms with Crippen LogP contribution in [0.3, 0.4) is 0 Å². The van der Waals surface area contributed by atoms with Crippen LogP contribution in [0.4, 0.5) is 15.8 Å². The molecule has 0 saturated carbocycles.